The molecule has 10 aromatic rings. The van der Waals surface area contributed by atoms with Crippen molar-refractivity contribution in [2.24, 2.45) is 0 Å². The van der Waals surface area contributed by atoms with E-state index < -0.39 is 0 Å². The van der Waals surface area contributed by atoms with E-state index in [1.54, 1.807) is 0 Å². The van der Waals surface area contributed by atoms with Crippen LogP contribution in [0.4, 0.5) is 0 Å². The summed E-state index contributed by atoms with van der Waals surface area (Å²) in [5.41, 5.74) is 16.7. The van der Waals surface area contributed by atoms with Crippen molar-refractivity contribution in [1.82, 2.24) is 9.13 Å². The Balaban J connectivity index is 0.885. The minimum absolute atomic E-state index is 0.0646. The van der Waals surface area contributed by atoms with E-state index in [4.69, 9.17) is 0 Å². The molecule has 0 unspecified atom stereocenters. The van der Waals surface area contributed by atoms with E-state index in [-0.39, 0.29) is 21.7 Å². The first-order chi connectivity index (χ1) is 32.2. The number of nitrogens with zero attached hydrogens (tertiary/aromatic N) is 2. The van der Waals surface area contributed by atoms with E-state index >= 15 is 0 Å². The van der Waals surface area contributed by atoms with Gasteiger partial charge in [0.15, 0.2) is 0 Å². The third kappa shape index (κ3) is 8.39. The van der Waals surface area contributed by atoms with Gasteiger partial charge in [-0.1, -0.05) is 143 Å². The van der Waals surface area contributed by atoms with Gasteiger partial charge in [-0.2, -0.15) is 0 Å². The summed E-state index contributed by atoms with van der Waals surface area (Å²) in [6.45, 7) is 27.4. The zero-order chi connectivity index (χ0) is 47.9. The number of hydrogen-bond acceptors (Lipinski definition) is 0. The Hall–Kier alpha value is -7.26. The molecular weight excluding hydrogens is 821 g/mol. The van der Waals surface area contributed by atoms with Crippen molar-refractivity contribution in [2.45, 2.75) is 105 Å². The van der Waals surface area contributed by atoms with Crippen LogP contribution < -0.4 is 0 Å². The largest absolute Gasteiger partial charge is 0.309 e. The van der Waals surface area contributed by atoms with E-state index in [9.17, 15) is 0 Å². The van der Waals surface area contributed by atoms with Crippen molar-refractivity contribution in [3.05, 3.63) is 202 Å². The lowest BCUT2D eigenvalue weighted by atomic mass is 9.85. The van der Waals surface area contributed by atoms with Gasteiger partial charge < -0.3 is 9.13 Å². The molecule has 0 atom stereocenters. The number of hydrogen-bond donors (Lipinski definition) is 0. The summed E-state index contributed by atoms with van der Waals surface area (Å²) in [7, 11) is 0. The lowest BCUT2D eigenvalue weighted by Crippen LogP contribution is -2.10. The zero-order valence-corrected chi connectivity index (χ0v) is 41.9. The monoisotopic (exact) mass is 882 g/mol. The maximum atomic E-state index is 3.43. The van der Waals surface area contributed by atoms with Gasteiger partial charge in [0.25, 0.3) is 0 Å². The van der Waals surface area contributed by atoms with Crippen LogP contribution in [0.5, 0.6) is 0 Å². The molecule has 0 spiro atoms. The lowest BCUT2D eigenvalue weighted by Gasteiger charge is -2.19. The molecule has 10 rings (SSSR count). The maximum Gasteiger partial charge on any atom is 0.0541 e. The number of aromatic nitrogens is 2. The minimum Gasteiger partial charge on any atom is -0.309 e. The van der Waals surface area contributed by atoms with Crippen molar-refractivity contribution in [2.75, 3.05) is 0 Å². The first-order valence-electron chi connectivity index (χ1n) is 24.2. The lowest BCUT2D eigenvalue weighted by molar-refractivity contribution is 0.590. The Morgan fingerprint density at radius 2 is 0.515 bits per heavy atom. The second-order valence-electron chi connectivity index (χ2n) is 23.0. The Labute approximate surface area is 403 Å². The molecule has 0 radical (unpaired) electrons. The highest BCUT2D eigenvalue weighted by Crippen LogP contribution is 2.39. The summed E-state index contributed by atoms with van der Waals surface area (Å²) >= 11 is 0. The first-order valence-corrected chi connectivity index (χ1v) is 24.2. The van der Waals surface area contributed by atoms with Gasteiger partial charge in [-0.05, 0) is 176 Å². The number of fused-ring (bicyclic) bond motifs is 7. The van der Waals surface area contributed by atoms with Gasteiger partial charge >= 0.3 is 0 Å². The number of rotatable bonds is 2. The minimum atomic E-state index is 0.0646. The van der Waals surface area contributed by atoms with E-state index in [1.807, 2.05) is 0 Å². The normalized spacial score (nSPS) is 12.5. The Kier molecular flexibility index (Phi) is 10.6. The van der Waals surface area contributed by atoms with Crippen molar-refractivity contribution < 1.29 is 0 Å². The second-order valence-corrected chi connectivity index (χ2v) is 23.0. The topological polar surface area (TPSA) is 9.86 Å². The fourth-order valence-electron chi connectivity index (χ4n) is 9.55. The fourth-order valence-corrected chi connectivity index (χ4v) is 9.55. The second kappa shape index (κ2) is 16.2. The van der Waals surface area contributed by atoms with E-state index in [2.05, 4.69) is 274 Å². The fraction of sp³-hybridized carbons (Fsp3) is 0.242. The van der Waals surface area contributed by atoms with E-state index in [0.29, 0.717) is 0 Å². The molecule has 2 heterocycles. The molecule has 8 aromatic carbocycles. The summed E-state index contributed by atoms with van der Waals surface area (Å²) in [4.78, 5) is 0. The third-order valence-corrected chi connectivity index (χ3v) is 13.8. The van der Waals surface area contributed by atoms with Gasteiger partial charge in [0.2, 0.25) is 0 Å². The highest BCUT2D eigenvalue weighted by atomic mass is 15.0. The van der Waals surface area contributed by atoms with Crippen LogP contribution in [0, 0.1) is 23.7 Å². The first kappa shape index (κ1) is 44.6. The maximum absolute atomic E-state index is 3.43. The quantitative estimate of drug-likeness (QED) is 0.153. The van der Waals surface area contributed by atoms with Gasteiger partial charge in [-0.3, -0.25) is 0 Å². The molecule has 0 bridgehead atoms. The highest BCUT2D eigenvalue weighted by molar-refractivity contribution is 6.11. The van der Waals surface area contributed by atoms with Crippen LogP contribution in [0.2, 0.25) is 0 Å². The van der Waals surface area contributed by atoms with Crippen molar-refractivity contribution in [1.29, 1.82) is 0 Å². The van der Waals surface area contributed by atoms with Crippen molar-refractivity contribution in [3.63, 3.8) is 0 Å². The predicted molar refractivity (Wildman–Crippen MR) is 292 cm³/mol. The SMILES string of the molecule is CC(C)(C)c1ccc2c(c1)c1cc(C(C)(C)C)ccc1n2-c1ccc(C#Cc2ccc3cc(C#Cc4ccc(-n5c6ccc(C(C)(C)C)cc6c6cc(C(C)(C)C)ccc65)cc4)ccc3c2)cc1. The standard InChI is InChI=1S/C66H62N2/c1-63(2,3)49-25-33-59-55(39-49)56-40-50(64(4,5)6)26-34-60(56)67(59)53-29-19-43(20-30-53)13-15-45-17-23-48-38-46(18-24-47(48)37-45)16-14-44-21-31-54(32-22-44)68-61-35-27-51(65(7,8)9)41-57(61)58-42-52(66(10,11)12)28-36-62(58)68/h17-42H,1-12H3. The molecular formula is C66H62N2. The molecule has 0 fully saturated rings. The molecule has 0 aliphatic rings. The Morgan fingerprint density at radius 3 is 0.779 bits per heavy atom. The van der Waals surface area contributed by atoms with Gasteiger partial charge in [0.1, 0.15) is 0 Å². The summed E-state index contributed by atoms with van der Waals surface area (Å²) in [6.07, 6.45) is 0. The molecule has 0 aliphatic carbocycles. The predicted octanol–water partition coefficient (Wildman–Crippen LogP) is 17.0. The van der Waals surface area contributed by atoms with Crippen LogP contribution in [-0.2, 0) is 21.7 Å². The smallest absolute Gasteiger partial charge is 0.0541 e. The molecule has 0 saturated carbocycles. The molecule has 0 amide bonds. The van der Waals surface area contributed by atoms with Gasteiger partial charge in [-0.15, -0.1) is 0 Å². The summed E-state index contributed by atoms with van der Waals surface area (Å²) in [6, 6.07) is 58.2. The molecule has 0 aliphatic heterocycles. The van der Waals surface area contributed by atoms with Crippen LogP contribution in [0.15, 0.2) is 158 Å². The van der Waals surface area contributed by atoms with Crippen LogP contribution in [0.25, 0.3) is 65.8 Å². The zero-order valence-electron chi connectivity index (χ0n) is 41.9. The highest BCUT2D eigenvalue weighted by Gasteiger charge is 2.23. The molecule has 0 saturated heterocycles. The molecule has 2 aromatic heterocycles. The molecule has 2 nitrogen and oxygen atoms in total. The Bertz CT molecular complexity index is 3350. The van der Waals surface area contributed by atoms with Crippen molar-refractivity contribution in [3.8, 4) is 35.1 Å². The van der Waals surface area contributed by atoms with Crippen molar-refractivity contribution >= 4 is 54.4 Å². The van der Waals surface area contributed by atoms with Gasteiger partial charge in [0.05, 0.1) is 22.1 Å². The molecule has 336 valence electrons. The third-order valence-electron chi connectivity index (χ3n) is 13.8. The van der Waals surface area contributed by atoms with E-state index in [1.165, 1.54) is 65.9 Å². The van der Waals surface area contributed by atoms with Crippen LogP contribution in [-0.4, -0.2) is 9.13 Å². The van der Waals surface area contributed by atoms with Crippen LogP contribution in [0.3, 0.4) is 0 Å². The summed E-state index contributed by atoms with van der Waals surface area (Å²) in [5, 5.41) is 7.47. The average Bonchev–Trinajstić information content (AvgIpc) is 3.81. The van der Waals surface area contributed by atoms with Crippen LogP contribution >= 0.6 is 0 Å². The van der Waals surface area contributed by atoms with E-state index in [0.717, 1.165) is 44.4 Å². The average molecular weight is 883 g/mol. The number of benzene rings is 8. The summed E-state index contributed by atoms with van der Waals surface area (Å²) in [5.74, 6) is 13.7. The Morgan fingerprint density at radius 1 is 0.265 bits per heavy atom. The summed E-state index contributed by atoms with van der Waals surface area (Å²) < 4.78 is 4.80. The van der Waals surface area contributed by atoms with Gasteiger partial charge in [0, 0.05) is 55.2 Å². The molecule has 2 heteroatoms. The molecule has 68 heavy (non-hydrogen) atoms. The van der Waals surface area contributed by atoms with Gasteiger partial charge in [-0.25, -0.2) is 0 Å². The molecule has 0 N–H and O–H groups in total. The van der Waals surface area contributed by atoms with Crippen LogP contribution in [0.1, 0.15) is 128 Å².